The van der Waals surface area contributed by atoms with Gasteiger partial charge in [0.25, 0.3) is 5.22 Å². The van der Waals surface area contributed by atoms with Crippen molar-refractivity contribution >= 4 is 45.7 Å². The number of carbonyl (C=O) groups is 1. The molecule has 0 atom stereocenters. The van der Waals surface area contributed by atoms with Gasteiger partial charge in [0.1, 0.15) is 11.5 Å². The Morgan fingerprint density at radius 2 is 1.59 bits per heavy atom. The normalized spacial score (nSPS) is 10.9. The molecule has 5 aromatic rings. The molecule has 0 fully saturated rings. The molecule has 0 unspecified atom stereocenters. The standard InChI is InChI=1S/C26H18ClN3O3S/c27-18-8-12-20(13-9-18)32-21-14-10-19(11-15-21)28-24(31)16-34-26-30-29-25(33-26)23-7-3-5-17-4-1-2-6-22(17)23/h1-15H,16H2,(H,28,31). The second kappa shape index (κ2) is 9.99. The van der Waals surface area contributed by atoms with Crippen LogP contribution in [0.25, 0.3) is 22.2 Å². The van der Waals surface area contributed by atoms with E-state index in [1.54, 1.807) is 48.5 Å². The number of amides is 1. The molecule has 1 amide bonds. The fourth-order valence-corrected chi connectivity index (χ4v) is 4.05. The second-order valence-electron chi connectivity index (χ2n) is 7.32. The van der Waals surface area contributed by atoms with Gasteiger partial charge in [-0.1, -0.05) is 59.8 Å². The van der Waals surface area contributed by atoms with Gasteiger partial charge in [0, 0.05) is 16.3 Å². The smallest absolute Gasteiger partial charge is 0.277 e. The summed E-state index contributed by atoms with van der Waals surface area (Å²) < 4.78 is 11.6. The van der Waals surface area contributed by atoms with E-state index in [2.05, 4.69) is 15.5 Å². The Morgan fingerprint density at radius 1 is 0.882 bits per heavy atom. The van der Waals surface area contributed by atoms with E-state index < -0.39 is 0 Å². The minimum absolute atomic E-state index is 0.139. The zero-order valence-corrected chi connectivity index (χ0v) is 19.3. The summed E-state index contributed by atoms with van der Waals surface area (Å²) in [5, 5.41) is 14.2. The molecule has 1 aromatic heterocycles. The average Bonchev–Trinajstić information content (AvgIpc) is 3.34. The Morgan fingerprint density at radius 3 is 2.38 bits per heavy atom. The maximum absolute atomic E-state index is 12.4. The van der Waals surface area contributed by atoms with Crippen LogP contribution >= 0.6 is 23.4 Å². The van der Waals surface area contributed by atoms with Crippen LogP contribution in [-0.2, 0) is 4.79 Å². The van der Waals surface area contributed by atoms with Gasteiger partial charge in [0.2, 0.25) is 11.8 Å². The van der Waals surface area contributed by atoms with E-state index in [9.17, 15) is 4.79 Å². The number of hydrogen-bond donors (Lipinski definition) is 1. The number of carbonyl (C=O) groups excluding carboxylic acids is 1. The highest BCUT2D eigenvalue weighted by atomic mass is 35.5. The molecular weight excluding hydrogens is 470 g/mol. The highest BCUT2D eigenvalue weighted by molar-refractivity contribution is 7.99. The molecule has 0 aliphatic carbocycles. The summed E-state index contributed by atoms with van der Waals surface area (Å²) >= 11 is 7.08. The molecule has 0 aliphatic rings. The Balaban J connectivity index is 1.17. The fourth-order valence-electron chi connectivity index (χ4n) is 3.36. The van der Waals surface area contributed by atoms with Gasteiger partial charge in [-0.15, -0.1) is 10.2 Å². The zero-order valence-electron chi connectivity index (χ0n) is 17.8. The first kappa shape index (κ1) is 22.0. The first-order valence-electron chi connectivity index (χ1n) is 10.4. The van der Waals surface area contributed by atoms with Crippen molar-refractivity contribution in [1.29, 1.82) is 0 Å². The Kier molecular flexibility index (Phi) is 6.46. The lowest BCUT2D eigenvalue weighted by molar-refractivity contribution is -0.113. The molecular formula is C26H18ClN3O3S. The summed E-state index contributed by atoms with van der Waals surface area (Å²) in [5.74, 6) is 1.72. The summed E-state index contributed by atoms with van der Waals surface area (Å²) in [7, 11) is 0. The minimum Gasteiger partial charge on any atom is -0.457 e. The number of ether oxygens (including phenoxy) is 1. The maximum Gasteiger partial charge on any atom is 0.277 e. The van der Waals surface area contributed by atoms with Gasteiger partial charge in [-0.2, -0.15) is 0 Å². The molecule has 5 rings (SSSR count). The summed E-state index contributed by atoms with van der Waals surface area (Å²) in [6, 6.07) is 28.2. The largest absolute Gasteiger partial charge is 0.457 e. The summed E-state index contributed by atoms with van der Waals surface area (Å²) in [5.41, 5.74) is 1.53. The summed E-state index contributed by atoms with van der Waals surface area (Å²) in [6.07, 6.45) is 0. The molecule has 0 spiro atoms. The lowest BCUT2D eigenvalue weighted by atomic mass is 10.0. The third-order valence-electron chi connectivity index (χ3n) is 4.94. The van der Waals surface area contributed by atoms with Crippen molar-refractivity contribution in [2.24, 2.45) is 0 Å². The molecule has 0 radical (unpaired) electrons. The first-order chi connectivity index (χ1) is 16.6. The average molecular weight is 488 g/mol. The Bertz CT molecular complexity index is 1430. The number of anilines is 1. The zero-order chi connectivity index (χ0) is 23.3. The summed E-state index contributed by atoms with van der Waals surface area (Å²) in [6.45, 7) is 0. The second-order valence-corrected chi connectivity index (χ2v) is 8.68. The van der Waals surface area contributed by atoms with E-state index in [4.69, 9.17) is 20.8 Å². The molecule has 0 aliphatic heterocycles. The fraction of sp³-hybridized carbons (Fsp3) is 0.0385. The third-order valence-corrected chi connectivity index (χ3v) is 6.01. The molecule has 1 N–H and O–H groups in total. The van der Waals surface area contributed by atoms with Crippen molar-refractivity contribution in [3.8, 4) is 23.0 Å². The van der Waals surface area contributed by atoms with E-state index in [0.29, 0.717) is 33.3 Å². The first-order valence-corrected chi connectivity index (χ1v) is 11.8. The number of thioether (sulfide) groups is 1. The topological polar surface area (TPSA) is 77.2 Å². The van der Waals surface area contributed by atoms with Gasteiger partial charge in [-0.3, -0.25) is 4.79 Å². The number of nitrogens with one attached hydrogen (secondary N) is 1. The quantitative estimate of drug-likeness (QED) is 0.247. The van der Waals surface area contributed by atoms with E-state index >= 15 is 0 Å². The van der Waals surface area contributed by atoms with Crippen LogP contribution in [0.2, 0.25) is 5.02 Å². The number of halogens is 1. The van der Waals surface area contributed by atoms with Crippen LogP contribution in [0.3, 0.4) is 0 Å². The van der Waals surface area contributed by atoms with Gasteiger partial charge in [0.15, 0.2) is 0 Å². The number of fused-ring (bicyclic) bond motifs is 1. The van der Waals surface area contributed by atoms with E-state index in [1.165, 1.54) is 11.8 Å². The number of nitrogens with zero attached hydrogens (tertiary/aromatic N) is 2. The van der Waals surface area contributed by atoms with Crippen molar-refractivity contribution < 1.29 is 13.9 Å². The number of rotatable bonds is 7. The molecule has 4 aromatic carbocycles. The van der Waals surface area contributed by atoms with Crippen molar-refractivity contribution in [2.75, 3.05) is 11.1 Å². The lowest BCUT2D eigenvalue weighted by Crippen LogP contribution is -2.13. The highest BCUT2D eigenvalue weighted by Gasteiger charge is 2.13. The molecule has 0 saturated heterocycles. The molecule has 8 heteroatoms. The van der Waals surface area contributed by atoms with Crippen LogP contribution in [0.15, 0.2) is 101 Å². The van der Waals surface area contributed by atoms with Crippen LogP contribution < -0.4 is 10.1 Å². The van der Waals surface area contributed by atoms with E-state index in [-0.39, 0.29) is 11.7 Å². The van der Waals surface area contributed by atoms with Crippen molar-refractivity contribution in [3.05, 3.63) is 96.0 Å². The van der Waals surface area contributed by atoms with Crippen LogP contribution in [0.5, 0.6) is 11.5 Å². The number of hydrogen-bond acceptors (Lipinski definition) is 6. The SMILES string of the molecule is O=C(CSc1nnc(-c2cccc3ccccc23)o1)Nc1ccc(Oc2ccc(Cl)cc2)cc1. The Hall–Kier alpha value is -3.81. The van der Waals surface area contributed by atoms with Crippen LogP contribution in [0.4, 0.5) is 5.69 Å². The molecule has 34 heavy (non-hydrogen) atoms. The van der Waals surface area contributed by atoms with Crippen molar-refractivity contribution in [3.63, 3.8) is 0 Å². The van der Waals surface area contributed by atoms with E-state index in [0.717, 1.165) is 16.3 Å². The van der Waals surface area contributed by atoms with Gasteiger partial charge in [0.05, 0.1) is 5.75 Å². The van der Waals surface area contributed by atoms with E-state index in [1.807, 2.05) is 42.5 Å². The number of benzene rings is 4. The predicted molar refractivity (Wildman–Crippen MR) is 135 cm³/mol. The Labute approximate surface area is 204 Å². The number of aromatic nitrogens is 2. The predicted octanol–water partition coefficient (Wildman–Crippen LogP) is 7.07. The third kappa shape index (κ3) is 5.22. The van der Waals surface area contributed by atoms with Crippen LogP contribution in [-0.4, -0.2) is 21.9 Å². The maximum atomic E-state index is 12.4. The van der Waals surface area contributed by atoms with Crippen LogP contribution in [0.1, 0.15) is 0 Å². The summed E-state index contributed by atoms with van der Waals surface area (Å²) in [4.78, 5) is 12.4. The highest BCUT2D eigenvalue weighted by Crippen LogP contribution is 2.30. The van der Waals surface area contributed by atoms with Gasteiger partial charge in [-0.05, 0) is 65.4 Å². The van der Waals surface area contributed by atoms with Gasteiger partial charge >= 0.3 is 0 Å². The monoisotopic (exact) mass is 487 g/mol. The lowest BCUT2D eigenvalue weighted by Gasteiger charge is -2.08. The molecule has 0 saturated carbocycles. The van der Waals surface area contributed by atoms with Gasteiger partial charge in [-0.25, -0.2) is 0 Å². The molecule has 168 valence electrons. The van der Waals surface area contributed by atoms with Crippen molar-refractivity contribution in [1.82, 2.24) is 10.2 Å². The van der Waals surface area contributed by atoms with Crippen LogP contribution in [0, 0.1) is 0 Å². The molecule has 0 bridgehead atoms. The van der Waals surface area contributed by atoms with Crippen molar-refractivity contribution in [2.45, 2.75) is 5.22 Å². The molecule has 1 heterocycles. The van der Waals surface area contributed by atoms with Gasteiger partial charge < -0.3 is 14.5 Å². The molecule has 6 nitrogen and oxygen atoms in total. The minimum atomic E-state index is -0.179.